The average Bonchev–Trinajstić information content (AvgIpc) is 3.40. The fraction of sp³-hybridized carbons (Fsp3) is 0.452. The van der Waals surface area contributed by atoms with Crippen LogP contribution in [0.15, 0.2) is 49.1 Å². The summed E-state index contributed by atoms with van der Waals surface area (Å²) in [5, 5.41) is 23.5. The van der Waals surface area contributed by atoms with Crippen LogP contribution >= 0.6 is 11.6 Å². The van der Waals surface area contributed by atoms with Gasteiger partial charge >= 0.3 is 6.18 Å². The summed E-state index contributed by atoms with van der Waals surface area (Å²) in [7, 11) is 3.26. The number of fused-ring (bicyclic) bond motifs is 1. The molecule has 2 N–H and O–H groups in total. The SMILES string of the molecule is COc1nc2ccc(C(O)(c3ccnc(C(C)(C)C)c3)c3cncn3C)cc2c(Cl)c1CN1CCC(O)(C(F)(F)F)CC1. The lowest BCUT2D eigenvalue weighted by Crippen LogP contribution is -2.53. The number of aromatic nitrogens is 4. The number of rotatable bonds is 6. The summed E-state index contributed by atoms with van der Waals surface area (Å²) in [5.74, 6) is 0.257. The summed E-state index contributed by atoms with van der Waals surface area (Å²) in [4.78, 5) is 15.2. The monoisotopic (exact) mass is 617 g/mol. The van der Waals surface area contributed by atoms with Crippen LogP contribution in [-0.4, -0.2) is 66.6 Å². The molecule has 0 aliphatic carbocycles. The second-order valence-electron chi connectivity index (χ2n) is 12.2. The summed E-state index contributed by atoms with van der Waals surface area (Å²) < 4.78 is 47.3. The highest BCUT2D eigenvalue weighted by Crippen LogP contribution is 2.42. The zero-order valence-electron chi connectivity index (χ0n) is 24.7. The van der Waals surface area contributed by atoms with Crippen LogP contribution in [-0.2, 0) is 24.6 Å². The first-order valence-electron chi connectivity index (χ1n) is 13.9. The molecule has 1 aromatic carbocycles. The summed E-state index contributed by atoms with van der Waals surface area (Å²) in [6.07, 6.45) is -0.678. The van der Waals surface area contributed by atoms with E-state index >= 15 is 0 Å². The lowest BCUT2D eigenvalue weighted by molar-refractivity contribution is -0.272. The van der Waals surface area contributed by atoms with E-state index in [4.69, 9.17) is 16.3 Å². The van der Waals surface area contributed by atoms with Gasteiger partial charge in [0.1, 0.15) is 0 Å². The maximum Gasteiger partial charge on any atom is 0.417 e. The zero-order chi connectivity index (χ0) is 31.4. The Morgan fingerprint density at radius 3 is 2.33 bits per heavy atom. The molecule has 1 unspecified atom stereocenters. The summed E-state index contributed by atoms with van der Waals surface area (Å²) in [6, 6.07) is 8.95. The molecular formula is C31H35ClF3N5O3. The van der Waals surface area contributed by atoms with Crippen LogP contribution < -0.4 is 4.74 Å². The Bertz CT molecular complexity index is 1640. The molecule has 12 heteroatoms. The fourth-order valence-electron chi connectivity index (χ4n) is 5.60. The smallest absolute Gasteiger partial charge is 0.417 e. The van der Waals surface area contributed by atoms with Crippen LogP contribution in [0, 0.1) is 0 Å². The number of halogens is 4. The van der Waals surface area contributed by atoms with Gasteiger partial charge in [-0.3, -0.25) is 9.88 Å². The van der Waals surface area contributed by atoms with Gasteiger partial charge in [-0.25, -0.2) is 9.97 Å². The molecule has 1 aliphatic rings. The summed E-state index contributed by atoms with van der Waals surface area (Å²) in [5.41, 5.74) is -1.13. The number of alkyl halides is 3. The number of ether oxygens (including phenoxy) is 1. The van der Waals surface area contributed by atoms with Crippen molar-refractivity contribution in [3.05, 3.63) is 82.2 Å². The Morgan fingerprint density at radius 2 is 1.74 bits per heavy atom. The molecule has 0 amide bonds. The third-order valence-corrected chi connectivity index (χ3v) is 8.75. The van der Waals surface area contributed by atoms with Gasteiger partial charge in [0.25, 0.3) is 0 Å². The number of pyridine rings is 2. The van der Waals surface area contributed by atoms with E-state index in [1.807, 2.05) is 26.8 Å². The minimum absolute atomic E-state index is 0.0198. The Morgan fingerprint density at radius 1 is 1.07 bits per heavy atom. The van der Waals surface area contributed by atoms with Gasteiger partial charge < -0.3 is 19.5 Å². The largest absolute Gasteiger partial charge is 0.481 e. The van der Waals surface area contributed by atoms with Gasteiger partial charge in [-0.05, 0) is 48.2 Å². The number of hydrogen-bond acceptors (Lipinski definition) is 7. The van der Waals surface area contributed by atoms with E-state index in [-0.39, 0.29) is 30.9 Å². The third-order valence-electron chi connectivity index (χ3n) is 8.32. The van der Waals surface area contributed by atoms with Crippen molar-refractivity contribution in [1.29, 1.82) is 0 Å². The first-order chi connectivity index (χ1) is 20.1. The number of aliphatic hydroxyl groups is 2. The number of hydrogen-bond donors (Lipinski definition) is 2. The van der Waals surface area contributed by atoms with E-state index in [9.17, 15) is 23.4 Å². The van der Waals surface area contributed by atoms with Crippen molar-refractivity contribution in [3.8, 4) is 5.88 Å². The van der Waals surface area contributed by atoms with E-state index in [0.717, 1.165) is 5.69 Å². The maximum atomic E-state index is 13.4. The Kier molecular flexibility index (Phi) is 8.00. The van der Waals surface area contributed by atoms with Crippen LogP contribution in [0.5, 0.6) is 5.88 Å². The molecule has 4 aromatic rings. The molecule has 0 bridgehead atoms. The lowest BCUT2D eigenvalue weighted by Gasteiger charge is -2.39. The first-order valence-corrected chi connectivity index (χ1v) is 14.3. The number of methoxy groups -OCH3 is 1. The van der Waals surface area contributed by atoms with Gasteiger partial charge in [-0.2, -0.15) is 13.2 Å². The Labute approximate surface area is 253 Å². The molecule has 230 valence electrons. The van der Waals surface area contributed by atoms with E-state index in [2.05, 4.69) is 15.0 Å². The van der Waals surface area contributed by atoms with Crippen molar-refractivity contribution in [2.45, 2.75) is 63.0 Å². The highest BCUT2D eigenvalue weighted by molar-refractivity contribution is 6.36. The van der Waals surface area contributed by atoms with E-state index < -0.39 is 30.2 Å². The van der Waals surface area contributed by atoms with Crippen LogP contribution in [0.2, 0.25) is 5.02 Å². The first kappa shape index (κ1) is 31.2. The average molecular weight is 618 g/mol. The maximum absolute atomic E-state index is 13.4. The number of imidazole rings is 1. The molecular weight excluding hydrogens is 583 g/mol. The number of nitrogens with zero attached hydrogens (tertiary/aromatic N) is 5. The molecule has 1 fully saturated rings. The van der Waals surface area contributed by atoms with Crippen molar-refractivity contribution in [1.82, 2.24) is 24.4 Å². The highest BCUT2D eigenvalue weighted by Gasteiger charge is 2.54. The molecule has 4 heterocycles. The molecule has 0 spiro atoms. The molecule has 0 radical (unpaired) electrons. The molecule has 1 aliphatic heterocycles. The second kappa shape index (κ2) is 11.0. The summed E-state index contributed by atoms with van der Waals surface area (Å²) >= 11 is 7.00. The fourth-order valence-corrected chi connectivity index (χ4v) is 5.89. The second-order valence-corrected chi connectivity index (χ2v) is 12.6. The van der Waals surface area contributed by atoms with E-state index in [0.29, 0.717) is 38.3 Å². The molecule has 3 aromatic heterocycles. The number of piperidine rings is 1. The van der Waals surface area contributed by atoms with Gasteiger partial charge in [0.2, 0.25) is 5.88 Å². The zero-order valence-corrected chi connectivity index (χ0v) is 25.5. The molecule has 5 rings (SSSR count). The van der Waals surface area contributed by atoms with Gasteiger partial charge in [0, 0.05) is 54.9 Å². The van der Waals surface area contributed by atoms with Crippen molar-refractivity contribution < 1.29 is 28.1 Å². The van der Waals surface area contributed by atoms with Gasteiger partial charge in [-0.1, -0.05) is 38.4 Å². The molecule has 0 saturated carbocycles. The van der Waals surface area contributed by atoms with E-state index in [1.165, 1.54) is 7.11 Å². The Hall–Kier alpha value is -3.25. The van der Waals surface area contributed by atoms with Crippen LogP contribution in [0.25, 0.3) is 10.9 Å². The van der Waals surface area contributed by atoms with Crippen LogP contribution in [0.4, 0.5) is 13.2 Å². The van der Waals surface area contributed by atoms with Crippen LogP contribution in [0.1, 0.15) is 61.7 Å². The standard InChI is InChI=1S/C31H35ClF3N5O3/c1-28(2,3)24-15-20(8-11-37-24)30(42,25-16-36-18-39(25)4)19-6-7-23-21(14-19)26(32)22(27(38-23)43-5)17-40-12-9-29(41,10-13-40)31(33,34)35/h6-8,11,14-16,18,41-42H,9-10,12-13,17H2,1-5H3. The van der Waals surface area contributed by atoms with Crippen molar-refractivity contribution in [2.24, 2.45) is 7.05 Å². The molecule has 1 saturated heterocycles. The van der Waals surface area contributed by atoms with E-state index in [1.54, 1.807) is 59.5 Å². The number of likely N-dealkylation sites (tertiary alicyclic amines) is 1. The minimum Gasteiger partial charge on any atom is -0.481 e. The predicted molar refractivity (Wildman–Crippen MR) is 157 cm³/mol. The van der Waals surface area contributed by atoms with Gasteiger partial charge in [0.05, 0.1) is 35.9 Å². The van der Waals surface area contributed by atoms with Crippen molar-refractivity contribution in [2.75, 3.05) is 20.2 Å². The van der Waals surface area contributed by atoms with Gasteiger partial charge in [0.15, 0.2) is 11.2 Å². The third kappa shape index (κ3) is 5.59. The Balaban J connectivity index is 1.60. The molecule has 43 heavy (non-hydrogen) atoms. The number of aryl methyl sites for hydroxylation is 1. The normalized spacial score (nSPS) is 17.7. The summed E-state index contributed by atoms with van der Waals surface area (Å²) in [6.45, 7) is 6.35. The van der Waals surface area contributed by atoms with Crippen molar-refractivity contribution in [3.63, 3.8) is 0 Å². The van der Waals surface area contributed by atoms with Crippen LogP contribution in [0.3, 0.4) is 0 Å². The minimum atomic E-state index is -4.69. The molecule has 1 atom stereocenters. The highest BCUT2D eigenvalue weighted by atomic mass is 35.5. The van der Waals surface area contributed by atoms with Crippen molar-refractivity contribution >= 4 is 22.5 Å². The number of benzene rings is 1. The molecule has 8 nitrogen and oxygen atoms in total. The predicted octanol–water partition coefficient (Wildman–Crippen LogP) is 5.50. The lowest BCUT2D eigenvalue weighted by atomic mass is 9.81. The van der Waals surface area contributed by atoms with Gasteiger partial charge in [-0.15, -0.1) is 0 Å². The quantitative estimate of drug-likeness (QED) is 0.295. The topological polar surface area (TPSA) is 96.5 Å².